The summed E-state index contributed by atoms with van der Waals surface area (Å²) in [5.41, 5.74) is 1.02. The Labute approximate surface area is 125 Å². The quantitative estimate of drug-likeness (QED) is 0.789. The Morgan fingerprint density at radius 1 is 1.33 bits per heavy atom. The molecule has 110 valence electrons. The molecular weight excluding hydrogens is 288 g/mol. The molecule has 3 rings (SSSR count). The number of hydrogen-bond acceptors (Lipinski definition) is 6. The summed E-state index contributed by atoms with van der Waals surface area (Å²) in [5.74, 6) is 1.37. The van der Waals surface area contributed by atoms with Gasteiger partial charge >= 0.3 is 5.69 Å². The second-order valence-corrected chi connectivity index (χ2v) is 6.09. The van der Waals surface area contributed by atoms with E-state index in [2.05, 4.69) is 34.2 Å². The molecule has 7 nitrogen and oxygen atoms in total. The lowest BCUT2D eigenvalue weighted by atomic mass is 10.2. The molecule has 0 aliphatic carbocycles. The zero-order chi connectivity index (χ0) is 15.1. The van der Waals surface area contributed by atoms with Crippen molar-refractivity contribution < 1.29 is 0 Å². The highest BCUT2D eigenvalue weighted by Gasteiger charge is 2.14. The largest absolute Gasteiger partial charge is 0.372 e. The normalized spacial score (nSPS) is 11.2. The number of nitrogens with zero attached hydrogens (tertiary/aromatic N) is 5. The van der Waals surface area contributed by atoms with Crippen LogP contribution in [0.25, 0.3) is 10.2 Å². The smallest absolute Gasteiger partial charge is 0.345 e. The molecule has 0 fully saturated rings. The minimum absolute atomic E-state index is 0.178. The average molecular weight is 304 g/mol. The number of thiophene rings is 1. The van der Waals surface area contributed by atoms with E-state index in [9.17, 15) is 4.79 Å². The van der Waals surface area contributed by atoms with Gasteiger partial charge in [-0.15, -0.1) is 11.3 Å². The van der Waals surface area contributed by atoms with Crippen LogP contribution in [0.5, 0.6) is 0 Å². The van der Waals surface area contributed by atoms with Crippen LogP contribution in [0.3, 0.4) is 0 Å². The van der Waals surface area contributed by atoms with Crippen molar-refractivity contribution in [3.05, 3.63) is 33.1 Å². The van der Waals surface area contributed by atoms with Gasteiger partial charge in [0.15, 0.2) is 5.82 Å². The minimum Gasteiger partial charge on any atom is -0.372 e. The zero-order valence-corrected chi connectivity index (χ0v) is 13.2. The molecule has 3 aromatic rings. The summed E-state index contributed by atoms with van der Waals surface area (Å²) in [6, 6.07) is 0. The predicted octanol–water partition coefficient (Wildman–Crippen LogP) is 1.29. The van der Waals surface area contributed by atoms with Gasteiger partial charge in [0, 0.05) is 19.0 Å². The molecular formula is C13H16N6OS. The highest BCUT2D eigenvalue weighted by molar-refractivity contribution is 7.18. The Balaban J connectivity index is 2.12. The van der Waals surface area contributed by atoms with Crippen LogP contribution in [0, 0.1) is 13.8 Å². The third-order valence-corrected chi connectivity index (χ3v) is 4.59. The first-order valence-corrected chi connectivity index (χ1v) is 7.35. The van der Waals surface area contributed by atoms with E-state index in [1.165, 1.54) is 26.0 Å². The fourth-order valence-corrected chi connectivity index (χ4v) is 3.26. The lowest BCUT2D eigenvalue weighted by Crippen LogP contribution is -2.24. The van der Waals surface area contributed by atoms with E-state index >= 15 is 0 Å². The number of aromatic nitrogens is 5. The lowest BCUT2D eigenvalue weighted by Gasteiger charge is -2.06. The highest BCUT2D eigenvalue weighted by Crippen LogP contribution is 2.32. The first kappa shape index (κ1) is 13.7. The van der Waals surface area contributed by atoms with Crippen molar-refractivity contribution >= 4 is 27.4 Å². The Kier molecular flexibility index (Phi) is 3.25. The standard InChI is InChI=1S/C13H16N6OS/c1-7-8(2)21-12-10(7)11(14-3)16-9(17-12)5-19-13(20)18(4)6-15-19/h6H,5H2,1-4H3,(H,14,16,17). The molecule has 0 saturated carbocycles. The SMILES string of the molecule is CNc1nc(Cn2ncn(C)c2=O)nc2sc(C)c(C)c12. The molecule has 0 saturated heterocycles. The Morgan fingerprint density at radius 3 is 2.71 bits per heavy atom. The van der Waals surface area contributed by atoms with Crippen molar-refractivity contribution in [2.75, 3.05) is 12.4 Å². The van der Waals surface area contributed by atoms with Crippen LogP contribution in [0.15, 0.2) is 11.1 Å². The van der Waals surface area contributed by atoms with Gasteiger partial charge in [0.1, 0.15) is 23.5 Å². The number of aryl methyl sites for hydroxylation is 3. The summed E-state index contributed by atoms with van der Waals surface area (Å²) >= 11 is 1.64. The van der Waals surface area contributed by atoms with E-state index < -0.39 is 0 Å². The molecule has 0 radical (unpaired) electrons. The molecule has 0 aromatic carbocycles. The molecule has 0 aliphatic heterocycles. The lowest BCUT2D eigenvalue weighted by molar-refractivity contribution is 0.624. The second-order valence-electron chi connectivity index (χ2n) is 4.88. The highest BCUT2D eigenvalue weighted by atomic mass is 32.1. The fourth-order valence-electron chi connectivity index (χ4n) is 2.21. The average Bonchev–Trinajstić information content (AvgIpc) is 2.92. The summed E-state index contributed by atoms with van der Waals surface area (Å²) in [4.78, 5) is 23.1. The van der Waals surface area contributed by atoms with Crippen molar-refractivity contribution in [3.63, 3.8) is 0 Å². The van der Waals surface area contributed by atoms with Crippen LogP contribution in [-0.4, -0.2) is 31.4 Å². The van der Waals surface area contributed by atoms with Gasteiger partial charge in [0.25, 0.3) is 0 Å². The van der Waals surface area contributed by atoms with Crippen molar-refractivity contribution in [2.24, 2.45) is 7.05 Å². The number of rotatable bonds is 3. The predicted molar refractivity (Wildman–Crippen MR) is 83.0 cm³/mol. The first-order chi connectivity index (χ1) is 10.0. The van der Waals surface area contributed by atoms with Crippen molar-refractivity contribution in [1.82, 2.24) is 24.3 Å². The number of anilines is 1. The third-order valence-electron chi connectivity index (χ3n) is 3.49. The third kappa shape index (κ3) is 2.21. The van der Waals surface area contributed by atoms with Gasteiger partial charge in [-0.3, -0.25) is 4.57 Å². The van der Waals surface area contributed by atoms with E-state index in [4.69, 9.17) is 0 Å². The Hall–Kier alpha value is -2.22. The molecule has 0 bridgehead atoms. The van der Waals surface area contributed by atoms with E-state index in [-0.39, 0.29) is 12.2 Å². The van der Waals surface area contributed by atoms with Crippen LogP contribution in [0.1, 0.15) is 16.3 Å². The van der Waals surface area contributed by atoms with Crippen molar-refractivity contribution in [1.29, 1.82) is 0 Å². The van der Waals surface area contributed by atoms with E-state index in [0.717, 1.165) is 16.0 Å². The summed E-state index contributed by atoms with van der Waals surface area (Å²) in [7, 11) is 3.51. The maximum atomic E-state index is 11.8. The molecule has 21 heavy (non-hydrogen) atoms. The van der Waals surface area contributed by atoms with Crippen LogP contribution in [-0.2, 0) is 13.6 Å². The molecule has 3 aromatic heterocycles. The molecule has 0 amide bonds. The monoisotopic (exact) mass is 304 g/mol. The van der Waals surface area contributed by atoms with Gasteiger partial charge in [0.05, 0.1) is 5.39 Å². The van der Waals surface area contributed by atoms with Gasteiger partial charge in [-0.1, -0.05) is 0 Å². The van der Waals surface area contributed by atoms with Gasteiger partial charge in [-0.05, 0) is 19.4 Å². The second kappa shape index (κ2) is 4.96. The maximum absolute atomic E-state index is 11.8. The molecule has 0 spiro atoms. The summed E-state index contributed by atoms with van der Waals surface area (Å²) in [5, 5.41) is 8.20. The summed E-state index contributed by atoms with van der Waals surface area (Å²) in [6.07, 6.45) is 1.49. The summed E-state index contributed by atoms with van der Waals surface area (Å²) in [6.45, 7) is 4.41. The molecule has 8 heteroatoms. The summed E-state index contributed by atoms with van der Waals surface area (Å²) < 4.78 is 2.78. The van der Waals surface area contributed by atoms with Crippen LogP contribution in [0.4, 0.5) is 5.82 Å². The van der Waals surface area contributed by atoms with Crippen LogP contribution >= 0.6 is 11.3 Å². The fraction of sp³-hybridized carbons (Fsp3) is 0.385. The van der Waals surface area contributed by atoms with E-state index in [1.807, 2.05) is 7.05 Å². The van der Waals surface area contributed by atoms with Gasteiger partial charge in [-0.2, -0.15) is 5.10 Å². The van der Waals surface area contributed by atoms with Gasteiger partial charge in [0.2, 0.25) is 0 Å². The van der Waals surface area contributed by atoms with Gasteiger partial charge in [-0.25, -0.2) is 19.4 Å². The molecule has 0 atom stereocenters. The maximum Gasteiger partial charge on any atom is 0.345 e. The number of nitrogens with one attached hydrogen (secondary N) is 1. The molecule has 1 N–H and O–H groups in total. The Morgan fingerprint density at radius 2 is 2.10 bits per heavy atom. The number of fused-ring (bicyclic) bond motifs is 1. The van der Waals surface area contributed by atoms with Crippen LogP contribution in [0.2, 0.25) is 0 Å². The van der Waals surface area contributed by atoms with Crippen molar-refractivity contribution in [3.8, 4) is 0 Å². The molecule has 0 aliphatic rings. The van der Waals surface area contributed by atoms with Crippen molar-refractivity contribution in [2.45, 2.75) is 20.4 Å². The Bertz CT molecular complexity index is 875. The minimum atomic E-state index is -0.178. The zero-order valence-electron chi connectivity index (χ0n) is 12.3. The molecule has 3 heterocycles. The van der Waals surface area contributed by atoms with Gasteiger partial charge < -0.3 is 5.32 Å². The van der Waals surface area contributed by atoms with E-state index in [0.29, 0.717) is 5.82 Å². The van der Waals surface area contributed by atoms with E-state index in [1.54, 1.807) is 18.4 Å². The molecule has 0 unspecified atom stereocenters. The topological polar surface area (TPSA) is 77.6 Å². The van der Waals surface area contributed by atoms with Crippen LogP contribution < -0.4 is 11.0 Å². The number of hydrogen-bond donors (Lipinski definition) is 1. The first-order valence-electron chi connectivity index (χ1n) is 6.54.